The zero-order chi connectivity index (χ0) is 16.7. The van der Waals surface area contributed by atoms with E-state index in [1.807, 2.05) is 36.0 Å². The van der Waals surface area contributed by atoms with Crippen molar-refractivity contribution in [1.29, 1.82) is 0 Å². The first kappa shape index (κ1) is 16.2. The van der Waals surface area contributed by atoms with Crippen LogP contribution in [-0.2, 0) is 4.79 Å². The molecule has 2 aromatic rings. The molecule has 2 aliphatic heterocycles. The van der Waals surface area contributed by atoms with Gasteiger partial charge in [0.05, 0.1) is 26.5 Å². The molecule has 1 aromatic heterocycles. The number of halogens is 1. The SMILES string of the molecule is COc1ccc(N2N=C3c4cc(Br)sc4SCCC3CC2=O)cc1. The van der Waals surface area contributed by atoms with E-state index in [9.17, 15) is 4.79 Å². The van der Waals surface area contributed by atoms with Crippen molar-refractivity contribution in [2.24, 2.45) is 11.0 Å². The van der Waals surface area contributed by atoms with Crippen LogP contribution in [0.15, 0.2) is 43.4 Å². The fourth-order valence-electron chi connectivity index (χ4n) is 3.00. The lowest BCUT2D eigenvalue weighted by Crippen LogP contribution is -2.37. The first-order valence-electron chi connectivity index (χ1n) is 7.63. The predicted molar refractivity (Wildman–Crippen MR) is 102 cm³/mol. The molecule has 0 aliphatic carbocycles. The van der Waals surface area contributed by atoms with E-state index in [1.54, 1.807) is 18.4 Å². The van der Waals surface area contributed by atoms with Crippen molar-refractivity contribution in [2.75, 3.05) is 17.9 Å². The molecule has 1 aromatic carbocycles. The van der Waals surface area contributed by atoms with Gasteiger partial charge in [-0.2, -0.15) is 5.10 Å². The van der Waals surface area contributed by atoms with Crippen molar-refractivity contribution in [2.45, 2.75) is 17.1 Å². The number of benzene rings is 1. The highest BCUT2D eigenvalue weighted by Crippen LogP contribution is 2.42. The molecule has 0 N–H and O–H groups in total. The van der Waals surface area contributed by atoms with Crippen LogP contribution in [0.2, 0.25) is 0 Å². The van der Waals surface area contributed by atoms with Gasteiger partial charge in [-0.1, -0.05) is 0 Å². The molecule has 124 valence electrons. The summed E-state index contributed by atoms with van der Waals surface area (Å²) in [4.78, 5) is 12.6. The van der Waals surface area contributed by atoms with Crippen molar-refractivity contribution >= 4 is 56.3 Å². The highest BCUT2D eigenvalue weighted by atomic mass is 79.9. The Morgan fingerprint density at radius 1 is 1.33 bits per heavy atom. The number of carbonyl (C=O) groups is 1. The van der Waals surface area contributed by atoms with Crippen LogP contribution in [0.4, 0.5) is 5.69 Å². The second-order valence-electron chi connectivity index (χ2n) is 5.68. The minimum atomic E-state index is 0.0525. The molecular weight excluding hydrogens is 408 g/mol. The number of fused-ring (bicyclic) bond motifs is 3. The Balaban J connectivity index is 1.77. The van der Waals surface area contributed by atoms with E-state index in [2.05, 4.69) is 22.0 Å². The van der Waals surface area contributed by atoms with Gasteiger partial charge in [-0.15, -0.1) is 23.1 Å². The normalized spacial score (nSPS) is 20.1. The summed E-state index contributed by atoms with van der Waals surface area (Å²) >= 11 is 7.18. The van der Waals surface area contributed by atoms with Crippen LogP contribution < -0.4 is 9.75 Å². The number of hydrazone groups is 1. The Labute approximate surface area is 157 Å². The molecule has 4 nitrogen and oxygen atoms in total. The molecule has 0 fully saturated rings. The summed E-state index contributed by atoms with van der Waals surface area (Å²) < 4.78 is 7.58. The first-order chi connectivity index (χ1) is 11.7. The Bertz CT molecular complexity index is 816. The molecule has 1 unspecified atom stereocenters. The van der Waals surface area contributed by atoms with Crippen LogP contribution in [0, 0.1) is 5.92 Å². The van der Waals surface area contributed by atoms with Gasteiger partial charge in [-0.3, -0.25) is 4.79 Å². The maximum absolute atomic E-state index is 12.6. The lowest BCUT2D eigenvalue weighted by molar-refractivity contribution is -0.119. The van der Waals surface area contributed by atoms with Crippen LogP contribution >= 0.6 is 39.0 Å². The van der Waals surface area contributed by atoms with Gasteiger partial charge < -0.3 is 4.74 Å². The summed E-state index contributed by atoms with van der Waals surface area (Å²) in [5.74, 6) is 2.06. The summed E-state index contributed by atoms with van der Waals surface area (Å²) in [7, 11) is 1.63. The highest BCUT2D eigenvalue weighted by molar-refractivity contribution is 9.11. The molecule has 0 radical (unpaired) electrons. The lowest BCUT2D eigenvalue weighted by atomic mass is 9.91. The molecule has 0 spiro atoms. The fraction of sp³-hybridized carbons (Fsp3) is 0.294. The molecule has 2 aliphatic rings. The molecular formula is C17H15BrN2O2S2. The summed E-state index contributed by atoms with van der Waals surface area (Å²) in [6, 6.07) is 9.58. The fourth-order valence-corrected chi connectivity index (χ4v) is 6.33. The number of hydrogen-bond acceptors (Lipinski definition) is 5. The second-order valence-corrected chi connectivity index (χ2v) is 9.47. The number of methoxy groups -OCH3 is 1. The molecule has 24 heavy (non-hydrogen) atoms. The van der Waals surface area contributed by atoms with Gasteiger partial charge >= 0.3 is 0 Å². The van der Waals surface area contributed by atoms with E-state index >= 15 is 0 Å². The highest BCUT2D eigenvalue weighted by Gasteiger charge is 2.34. The molecule has 4 rings (SSSR count). The minimum absolute atomic E-state index is 0.0525. The third-order valence-electron chi connectivity index (χ3n) is 4.21. The van der Waals surface area contributed by atoms with E-state index < -0.39 is 0 Å². The van der Waals surface area contributed by atoms with Gasteiger partial charge in [0, 0.05) is 17.9 Å². The number of rotatable bonds is 2. The number of amides is 1. The summed E-state index contributed by atoms with van der Waals surface area (Å²) in [6.45, 7) is 0. The van der Waals surface area contributed by atoms with E-state index in [-0.39, 0.29) is 11.8 Å². The number of nitrogens with zero attached hydrogens (tertiary/aromatic N) is 2. The summed E-state index contributed by atoms with van der Waals surface area (Å²) in [5, 5.41) is 6.30. The Morgan fingerprint density at radius 2 is 2.12 bits per heavy atom. The number of carbonyl (C=O) groups excluding carboxylic acids is 1. The van der Waals surface area contributed by atoms with Gasteiger partial charge in [0.2, 0.25) is 5.91 Å². The van der Waals surface area contributed by atoms with E-state index in [0.717, 1.165) is 33.1 Å². The number of hydrogen-bond donors (Lipinski definition) is 0. The van der Waals surface area contributed by atoms with E-state index in [1.165, 1.54) is 14.8 Å². The summed E-state index contributed by atoms with van der Waals surface area (Å²) in [6.07, 6.45) is 1.50. The molecule has 0 saturated carbocycles. The van der Waals surface area contributed by atoms with E-state index in [4.69, 9.17) is 9.84 Å². The Kier molecular flexibility index (Phi) is 4.40. The lowest BCUT2D eigenvalue weighted by Gasteiger charge is -2.28. The van der Waals surface area contributed by atoms with Gasteiger partial charge in [-0.05, 0) is 58.4 Å². The molecule has 3 heterocycles. The smallest absolute Gasteiger partial charge is 0.248 e. The molecule has 0 bridgehead atoms. The number of anilines is 1. The molecule has 1 amide bonds. The minimum Gasteiger partial charge on any atom is -0.497 e. The zero-order valence-electron chi connectivity index (χ0n) is 13.0. The number of thioether (sulfide) groups is 1. The van der Waals surface area contributed by atoms with Gasteiger partial charge in [0.25, 0.3) is 0 Å². The average molecular weight is 423 g/mol. The average Bonchev–Trinajstić information content (AvgIpc) is 2.88. The van der Waals surface area contributed by atoms with Crippen LogP contribution in [-0.4, -0.2) is 24.5 Å². The van der Waals surface area contributed by atoms with Crippen molar-refractivity contribution in [3.63, 3.8) is 0 Å². The van der Waals surface area contributed by atoms with Gasteiger partial charge in [-0.25, -0.2) is 5.01 Å². The molecule has 1 atom stereocenters. The maximum Gasteiger partial charge on any atom is 0.248 e. The van der Waals surface area contributed by atoms with Crippen molar-refractivity contribution in [3.8, 4) is 5.75 Å². The first-order valence-corrected chi connectivity index (χ1v) is 10.2. The third kappa shape index (κ3) is 2.89. The summed E-state index contributed by atoms with van der Waals surface area (Å²) in [5.41, 5.74) is 2.98. The number of ether oxygens (including phenoxy) is 1. The van der Waals surface area contributed by atoms with Crippen molar-refractivity contribution in [1.82, 2.24) is 0 Å². The topological polar surface area (TPSA) is 41.9 Å². The third-order valence-corrected chi connectivity index (χ3v) is 7.17. The van der Waals surface area contributed by atoms with Crippen LogP contribution in [0.1, 0.15) is 18.4 Å². The predicted octanol–water partition coefficient (Wildman–Crippen LogP) is 4.77. The number of thiophene rings is 1. The second kappa shape index (κ2) is 6.54. The standard InChI is InChI=1S/C17H15BrN2O2S2/c1-22-12-4-2-11(3-5-12)20-15(21)8-10-6-7-23-17-13(16(10)19-20)9-14(18)24-17/h2-5,9-10H,6-8H2,1H3. The van der Waals surface area contributed by atoms with Crippen molar-refractivity contribution < 1.29 is 9.53 Å². The van der Waals surface area contributed by atoms with Crippen LogP contribution in [0.5, 0.6) is 5.75 Å². The monoisotopic (exact) mass is 422 g/mol. The Morgan fingerprint density at radius 3 is 2.88 bits per heavy atom. The van der Waals surface area contributed by atoms with Crippen molar-refractivity contribution in [3.05, 3.63) is 39.7 Å². The maximum atomic E-state index is 12.6. The Hall–Kier alpha value is -1.31. The quantitative estimate of drug-likeness (QED) is 0.699. The zero-order valence-corrected chi connectivity index (χ0v) is 16.2. The van der Waals surface area contributed by atoms with Crippen LogP contribution in [0.3, 0.4) is 0 Å². The van der Waals surface area contributed by atoms with Crippen LogP contribution in [0.25, 0.3) is 0 Å². The largest absolute Gasteiger partial charge is 0.497 e. The van der Waals surface area contributed by atoms with E-state index in [0.29, 0.717) is 6.42 Å². The van der Waals surface area contributed by atoms with Gasteiger partial charge in [0.1, 0.15) is 5.75 Å². The molecule has 7 heteroatoms. The van der Waals surface area contributed by atoms with Gasteiger partial charge in [0.15, 0.2) is 0 Å². The molecule has 0 saturated heterocycles.